The number of fused-ring (bicyclic) bond motifs is 1. The van der Waals surface area contributed by atoms with Crippen molar-refractivity contribution in [3.63, 3.8) is 0 Å². The Morgan fingerprint density at radius 2 is 1.93 bits per heavy atom. The molecule has 2 heterocycles. The number of hydrogen-bond acceptors (Lipinski definition) is 3. The molecule has 158 valence electrons. The first kappa shape index (κ1) is 20.5. The predicted octanol–water partition coefficient (Wildman–Crippen LogP) is 4.28. The molecule has 1 saturated heterocycles. The van der Waals surface area contributed by atoms with E-state index in [2.05, 4.69) is 18.9 Å². The number of nitrogens with zero attached hydrogens (tertiary/aromatic N) is 4. The number of halogens is 1. The maximum Gasteiger partial charge on any atom is 0.253 e. The van der Waals surface area contributed by atoms with Crippen LogP contribution in [0.25, 0.3) is 16.7 Å². The van der Waals surface area contributed by atoms with Crippen LogP contribution in [0.4, 0.5) is 4.39 Å². The monoisotopic (exact) mass is 408 g/mol. The summed E-state index contributed by atoms with van der Waals surface area (Å²) in [6.07, 6.45) is 3.62. The van der Waals surface area contributed by atoms with Gasteiger partial charge in [0.25, 0.3) is 5.91 Å². The van der Waals surface area contributed by atoms with E-state index in [0.29, 0.717) is 11.3 Å². The summed E-state index contributed by atoms with van der Waals surface area (Å²) >= 11 is 0. The second-order valence-electron chi connectivity index (χ2n) is 8.22. The number of carbonyl (C=O) groups is 1. The molecule has 4 rings (SSSR count). The van der Waals surface area contributed by atoms with Crippen LogP contribution in [-0.2, 0) is 6.42 Å². The Bertz CT molecular complexity index is 1050. The Labute approximate surface area is 177 Å². The van der Waals surface area contributed by atoms with Crippen LogP contribution in [0.5, 0.6) is 0 Å². The standard InChI is InChI=1S/C24H29FN4O/c1-4-7-23-26-20-16-17(24(30)28(3)18-12-14-27(2)15-13-18)10-11-22(20)29(23)21-9-6-5-8-19(21)25/h5-6,8-11,16,18H,4,7,12-15H2,1-3H3. The Morgan fingerprint density at radius 3 is 2.63 bits per heavy atom. The number of piperidine rings is 1. The molecule has 0 radical (unpaired) electrons. The highest BCUT2D eigenvalue weighted by Gasteiger charge is 2.25. The van der Waals surface area contributed by atoms with Crippen molar-refractivity contribution in [1.29, 1.82) is 0 Å². The van der Waals surface area contributed by atoms with Gasteiger partial charge in [-0.05, 0) is 69.7 Å². The second kappa shape index (κ2) is 8.56. The number of para-hydroxylation sites is 1. The van der Waals surface area contributed by atoms with E-state index in [1.54, 1.807) is 12.1 Å². The number of carbonyl (C=O) groups excluding carboxylic acids is 1. The molecule has 0 unspecified atom stereocenters. The third-order valence-corrected chi connectivity index (χ3v) is 6.09. The van der Waals surface area contributed by atoms with E-state index >= 15 is 0 Å². The first-order chi connectivity index (χ1) is 14.5. The van der Waals surface area contributed by atoms with Crippen molar-refractivity contribution in [2.24, 2.45) is 0 Å². The third-order valence-electron chi connectivity index (χ3n) is 6.09. The Morgan fingerprint density at radius 1 is 1.20 bits per heavy atom. The van der Waals surface area contributed by atoms with Gasteiger partial charge in [0.15, 0.2) is 0 Å². The van der Waals surface area contributed by atoms with Gasteiger partial charge in [-0.2, -0.15) is 0 Å². The summed E-state index contributed by atoms with van der Waals surface area (Å²) in [5.74, 6) is 0.547. The van der Waals surface area contributed by atoms with Gasteiger partial charge in [0.05, 0.1) is 16.7 Å². The predicted molar refractivity (Wildman–Crippen MR) is 118 cm³/mol. The summed E-state index contributed by atoms with van der Waals surface area (Å²) < 4.78 is 16.4. The molecule has 30 heavy (non-hydrogen) atoms. The average Bonchev–Trinajstić information content (AvgIpc) is 3.11. The van der Waals surface area contributed by atoms with Gasteiger partial charge >= 0.3 is 0 Å². The molecule has 1 aliphatic rings. The zero-order chi connectivity index (χ0) is 21.3. The van der Waals surface area contributed by atoms with E-state index in [9.17, 15) is 9.18 Å². The van der Waals surface area contributed by atoms with Crippen LogP contribution in [0.2, 0.25) is 0 Å². The van der Waals surface area contributed by atoms with Crippen LogP contribution in [0.15, 0.2) is 42.5 Å². The molecule has 5 nitrogen and oxygen atoms in total. The van der Waals surface area contributed by atoms with Crippen LogP contribution in [-0.4, -0.2) is 58.5 Å². The Kier molecular flexibility index (Phi) is 5.86. The minimum Gasteiger partial charge on any atom is -0.339 e. The lowest BCUT2D eigenvalue weighted by molar-refractivity contribution is 0.0659. The molecule has 0 spiro atoms. The number of imidazole rings is 1. The molecule has 0 N–H and O–H groups in total. The summed E-state index contributed by atoms with van der Waals surface area (Å²) in [7, 11) is 4.01. The van der Waals surface area contributed by atoms with E-state index in [1.165, 1.54) is 6.07 Å². The number of benzene rings is 2. The topological polar surface area (TPSA) is 41.4 Å². The van der Waals surface area contributed by atoms with E-state index in [0.717, 1.165) is 55.6 Å². The van der Waals surface area contributed by atoms with Crippen molar-refractivity contribution in [2.75, 3.05) is 27.2 Å². The SMILES string of the molecule is CCCc1nc2cc(C(=O)N(C)C3CCN(C)CC3)ccc2n1-c1ccccc1F. The minimum atomic E-state index is -0.281. The molecule has 1 aromatic heterocycles. The second-order valence-corrected chi connectivity index (χ2v) is 8.22. The van der Waals surface area contributed by atoms with Crippen LogP contribution in [0, 0.1) is 5.82 Å². The summed E-state index contributed by atoms with van der Waals surface area (Å²) in [5, 5.41) is 0. The maximum absolute atomic E-state index is 14.5. The highest BCUT2D eigenvalue weighted by Crippen LogP contribution is 2.26. The van der Waals surface area contributed by atoms with E-state index < -0.39 is 0 Å². The molecule has 6 heteroatoms. The fourth-order valence-corrected chi connectivity index (χ4v) is 4.31. The molecule has 3 aromatic rings. The van der Waals surface area contributed by atoms with Gasteiger partial charge in [0.2, 0.25) is 0 Å². The number of rotatable bonds is 5. The molecule has 0 bridgehead atoms. The number of amides is 1. The smallest absolute Gasteiger partial charge is 0.253 e. The lowest BCUT2D eigenvalue weighted by Crippen LogP contribution is -2.44. The van der Waals surface area contributed by atoms with Crippen molar-refractivity contribution in [3.8, 4) is 5.69 Å². The van der Waals surface area contributed by atoms with Crippen LogP contribution >= 0.6 is 0 Å². The molecule has 2 aromatic carbocycles. The first-order valence-corrected chi connectivity index (χ1v) is 10.7. The van der Waals surface area contributed by atoms with Gasteiger partial charge in [-0.1, -0.05) is 19.1 Å². The minimum absolute atomic E-state index is 0.0175. The van der Waals surface area contributed by atoms with Gasteiger partial charge < -0.3 is 9.80 Å². The van der Waals surface area contributed by atoms with Gasteiger partial charge in [0.1, 0.15) is 11.6 Å². The Hall–Kier alpha value is -2.73. The third kappa shape index (κ3) is 3.84. The van der Waals surface area contributed by atoms with Gasteiger partial charge in [0, 0.05) is 25.1 Å². The van der Waals surface area contributed by atoms with Crippen molar-refractivity contribution < 1.29 is 9.18 Å². The summed E-state index contributed by atoms with van der Waals surface area (Å²) in [6.45, 7) is 4.10. The molecular formula is C24H29FN4O. The fourth-order valence-electron chi connectivity index (χ4n) is 4.31. The van der Waals surface area contributed by atoms with Crippen molar-refractivity contribution in [3.05, 3.63) is 59.7 Å². The van der Waals surface area contributed by atoms with E-state index in [4.69, 9.17) is 4.98 Å². The molecular weight excluding hydrogens is 379 g/mol. The van der Waals surface area contributed by atoms with Gasteiger partial charge in [-0.3, -0.25) is 9.36 Å². The maximum atomic E-state index is 14.5. The fraction of sp³-hybridized carbons (Fsp3) is 0.417. The molecule has 1 amide bonds. The average molecular weight is 409 g/mol. The quantitative estimate of drug-likeness (QED) is 0.633. The number of aromatic nitrogens is 2. The number of hydrogen-bond donors (Lipinski definition) is 0. The van der Waals surface area contributed by atoms with Crippen molar-refractivity contribution in [1.82, 2.24) is 19.4 Å². The zero-order valence-corrected chi connectivity index (χ0v) is 17.9. The molecule has 0 atom stereocenters. The normalized spacial score (nSPS) is 15.6. The number of aryl methyl sites for hydroxylation is 1. The molecule has 0 aliphatic carbocycles. The largest absolute Gasteiger partial charge is 0.339 e. The zero-order valence-electron chi connectivity index (χ0n) is 17.9. The van der Waals surface area contributed by atoms with Gasteiger partial charge in [-0.25, -0.2) is 9.37 Å². The summed E-state index contributed by atoms with van der Waals surface area (Å²) in [6, 6.07) is 12.6. The van der Waals surface area contributed by atoms with Crippen LogP contribution < -0.4 is 0 Å². The lowest BCUT2D eigenvalue weighted by Gasteiger charge is -2.35. The summed E-state index contributed by atoms with van der Waals surface area (Å²) in [4.78, 5) is 22.1. The molecule has 1 fully saturated rings. The van der Waals surface area contributed by atoms with E-state index in [1.807, 2.05) is 40.8 Å². The Balaban J connectivity index is 1.69. The van der Waals surface area contributed by atoms with Crippen LogP contribution in [0.1, 0.15) is 42.4 Å². The number of likely N-dealkylation sites (tertiary alicyclic amines) is 1. The van der Waals surface area contributed by atoms with Crippen molar-refractivity contribution in [2.45, 2.75) is 38.6 Å². The lowest BCUT2D eigenvalue weighted by atomic mass is 10.0. The van der Waals surface area contributed by atoms with Crippen molar-refractivity contribution >= 4 is 16.9 Å². The molecule has 0 saturated carbocycles. The van der Waals surface area contributed by atoms with E-state index in [-0.39, 0.29) is 17.8 Å². The molecule has 1 aliphatic heterocycles. The highest BCUT2D eigenvalue weighted by molar-refractivity contribution is 5.97. The summed E-state index contributed by atoms with van der Waals surface area (Å²) in [5.41, 5.74) is 2.67. The van der Waals surface area contributed by atoms with Crippen LogP contribution in [0.3, 0.4) is 0 Å². The van der Waals surface area contributed by atoms with Gasteiger partial charge in [-0.15, -0.1) is 0 Å². The first-order valence-electron chi connectivity index (χ1n) is 10.7. The highest BCUT2D eigenvalue weighted by atomic mass is 19.1.